The molecule has 0 unspecified atom stereocenters. The molecule has 118 valence electrons. The smallest absolute Gasteiger partial charge is 0.231 e. The molecule has 0 atom stereocenters. The van der Waals surface area contributed by atoms with Crippen molar-refractivity contribution in [3.63, 3.8) is 0 Å². The average Bonchev–Trinajstić information content (AvgIpc) is 2.53. The van der Waals surface area contributed by atoms with E-state index >= 15 is 0 Å². The number of rotatable bonds is 6. The molecule has 21 heavy (non-hydrogen) atoms. The zero-order chi connectivity index (χ0) is 15.3. The molecule has 1 aliphatic heterocycles. The molecule has 3 N–H and O–H groups in total. The van der Waals surface area contributed by atoms with Crippen molar-refractivity contribution >= 4 is 17.8 Å². The van der Waals surface area contributed by atoms with Gasteiger partial charge in [0.1, 0.15) is 0 Å². The van der Waals surface area contributed by atoms with E-state index in [1.807, 2.05) is 13.8 Å². The first kappa shape index (κ1) is 15.8. The number of piperidine rings is 1. The maximum atomic E-state index is 9.32. The third-order valence-electron chi connectivity index (χ3n) is 3.64. The summed E-state index contributed by atoms with van der Waals surface area (Å²) >= 11 is 0. The van der Waals surface area contributed by atoms with Crippen molar-refractivity contribution < 1.29 is 5.11 Å². The fourth-order valence-corrected chi connectivity index (χ4v) is 2.17. The molecule has 0 radical (unpaired) electrons. The van der Waals surface area contributed by atoms with Crippen LogP contribution in [0.3, 0.4) is 0 Å². The van der Waals surface area contributed by atoms with Gasteiger partial charge in [-0.2, -0.15) is 15.0 Å². The first-order valence-electron chi connectivity index (χ1n) is 7.57. The lowest BCUT2D eigenvalue weighted by atomic mass is 9.95. The molecule has 0 spiro atoms. The molecule has 2 heterocycles. The quantitative estimate of drug-likeness (QED) is 0.729. The Hall–Kier alpha value is -1.63. The standard InChI is InChI=1S/C14H26N6O/c1-14(2,10-21)9-16-12-17-11(15-3)18-13(19-12)20-7-5-4-6-8-20/h21H,4-10H2,1-3H3,(H2,15,16,17,18,19). The van der Waals surface area contributed by atoms with Crippen molar-refractivity contribution in [1.29, 1.82) is 0 Å². The second-order valence-electron chi connectivity index (χ2n) is 6.26. The minimum atomic E-state index is -0.211. The summed E-state index contributed by atoms with van der Waals surface area (Å²) < 4.78 is 0. The second-order valence-corrected chi connectivity index (χ2v) is 6.26. The van der Waals surface area contributed by atoms with Crippen LogP contribution in [0.2, 0.25) is 0 Å². The van der Waals surface area contributed by atoms with Crippen molar-refractivity contribution in [2.45, 2.75) is 33.1 Å². The fourth-order valence-electron chi connectivity index (χ4n) is 2.17. The van der Waals surface area contributed by atoms with Gasteiger partial charge in [-0.3, -0.25) is 0 Å². The van der Waals surface area contributed by atoms with Crippen LogP contribution in [-0.4, -0.2) is 53.3 Å². The van der Waals surface area contributed by atoms with E-state index in [2.05, 4.69) is 30.5 Å². The molecule has 0 saturated carbocycles. The zero-order valence-corrected chi connectivity index (χ0v) is 13.2. The lowest BCUT2D eigenvalue weighted by Gasteiger charge is -2.27. The van der Waals surface area contributed by atoms with Crippen LogP contribution < -0.4 is 15.5 Å². The van der Waals surface area contributed by atoms with Gasteiger partial charge >= 0.3 is 0 Å². The molecule has 1 saturated heterocycles. The molecule has 0 amide bonds. The number of hydrogen-bond acceptors (Lipinski definition) is 7. The van der Waals surface area contributed by atoms with E-state index in [1.165, 1.54) is 19.3 Å². The van der Waals surface area contributed by atoms with Crippen LogP contribution in [0.15, 0.2) is 0 Å². The normalized spacial score (nSPS) is 15.9. The van der Waals surface area contributed by atoms with Gasteiger partial charge in [-0.1, -0.05) is 13.8 Å². The van der Waals surface area contributed by atoms with Gasteiger partial charge in [0.25, 0.3) is 0 Å². The molecule has 1 aliphatic rings. The van der Waals surface area contributed by atoms with Gasteiger partial charge in [-0.05, 0) is 19.3 Å². The Morgan fingerprint density at radius 2 is 1.76 bits per heavy atom. The second kappa shape index (κ2) is 6.89. The minimum absolute atomic E-state index is 0.114. The molecule has 1 aromatic heterocycles. The molecule has 1 aromatic rings. The zero-order valence-electron chi connectivity index (χ0n) is 13.2. The predicted octanol–water partition coefficient (Wildman–Crippen LogP) is 1.33. The molecule has 0 aromatic carbocycles. The third-order valence-corrected chi connectivity index (χ3v) is 3.64. The van der Waals surface area contributed by atoms with E-state index in [4.69, 9.17) is 0 Å². The first-order valence-corrected chi connectivity index (χ1v) is 7.57. The molecular formula is C14H26N6O. The van der Waals surface area contributed by atoms with Gasteiger partial charge in [0, 0.05) is 38.7 Å². The summed E-state index contributed by atoms with van der Waals surface area (Å²) in [5.74, 6) is 1.84. The Bertz CT molecular complexity index is 459. The maximum Gasteiger partial charge on any atom is 0.231 e. The van der Waals surface area contributed by atoms with Crippen LogP contribution in [-0.2, 0) is 0 Å². The van der Waals surface area contributed by atoms with Crippen molar-refractivity contribution in [3.05, 3.63) is 0 Å². The summed E-state index contributed by atoms with van der Waals surface area (Å²) in [6, 6.07) is 0. The largest absolute Gasteiger partial charge is 0.396 e. The van der Waals surface area contributed by atoms with Gasteiger partial charge in [0.15, 0.2) is 0 Å². The monoisotopic (exact) mass is 294 g/mol. The number of aliphatic hydroxyl groups excluding tert-OH is 1. The summed E-state index contributed by atoms with van der Waals surface area (Å²) in [5.41, 5.74) is -0.211. The Kier molecular flexibility index (Phi) is 5.17. The summed E-state index contributed by atoms with van der Waals surface area (Å²) in [4.78, 5) is 15.5. The topological polar surface area (TPSA) is 86.2 Å². The number of aliphatic hydroxyl groups is 1. The van der Waals surface area contributed by atoms with E-state index < -0.39 is 0 Å². The molecule has 7 nitrogen and oxygen atoms in total. The Morgan fingerprint density at radius 1 is 1.10 bits per heavy atom. The van der Waals surface area contributed by atoms with Crippen LogP contribution in [0.25, 0.3) is 0 Å². The molecule has 1 fully saturated rings. The fraction of sp³-hybridized carbons (Fsp3) is 0.786. The molecule has 7 heteroatoms. The highest BCUT2D eigenvalue weighted by atomic mass is 16.3. The molecule has 0 bridgehead atoms. The van der Waals surface area contributed by atoms with Crippen LogP contribution in [0.4, 0.5) is 17.8 Å². The highest BCUT2D eigenvalue weighted by Gasteiger charge is 2.19. The highest BCUT2D eigenvalue weighted by molar-refractivity contribution is 5.43. The van der Waals surface area contributed by atoms with Gasteiger partial charge < -0.3 is 20.6 Å². The SMILES string of the molecule is CNc1nc(NCC(C)(C)CO)nc(N2CCCCC2)n1. The van der Waals surface area contributed by atoms with Gasteiger partial charge in [0.05, 0.1) is 0 Å². The minimum Gasteiger partial charge on any atom is -0.396 e. The van der Waals surface area contributed by atoms with Gasteiger partial charge in [-0.15, -0.1) is 0 Å². The van der Waals surface area contributed by atoms with E-state index in [9.17, 15) is 5.11 Å². The Balaban J connectivity index is 2.13. The van der Waals surface area contributed by atoms with Crippen LogP contribution >= 0.6 is 0 Å². The van der Waals surface area contributed by atoms with Crippen LogP contribution in [0.1, 0.15) is 33.1 Å². The summed E-state index contributed by atoms with van der Waals surface area (Å²) in [6.45, 7) is 6.69. The van der Waals surface area contributed by atoms with Crippen molar-refractivity contribution in [2.24, 2.45) is 5.41 Å². The molecule has 2 rings (SSSR count). The summed E-state index contributed by atoms with van der Waals surface area (Å²) in [7, 11) is 1.80. The van der Waals surface area contributed by atoms with Crippen LogP contribution in [0.5, 0.6) is 0 Å². The van der Waals surface area contributed by atoms with Crippen LogP contribution in [0, 0.1) is 5.41 Å². The number of hydrogen-bond donors (Lipinski definition) is 3. The third kappa shape index (κ3) is 4.42. The number of nitrogens with one attached hydrogen (secondary N) is 2. The van der Waals surface area contributed by atoms with Gasteiger partial charge in [-0.25, -0.2) is 0 Å². The number of nitrogens with zero attached hydrogens (tertiary/aromatic N) is 4. The van der Waals surface area contributed by atoms with E-state index in [0.29, 0.717) is 18.4 Å². The van der Waals surface area contributed by atoms with E-state index in [-0.39, 0.29) is 12.0 Å². The Labute approximate surface area is 126 Å². The maximum absolute atomic E-state index is 9.32. The lowest BCUT2D eigenvalue weighted by molar-refractivity contribution is 0.170. The molecule has 0 aliphatic carbocycles. The first-order chi connectivity index (χ1) is 10.0. The van der Waals surface area contributed by atoms with Crippen molar-refractivity contribution in [1.82, 2.24) is 15.0 Å². The summed E-state index contributed by atoms with van der Waals surface area (Å²) in [6.07, 6.45) is 3.64. The number of anilines is 3. The van der Waals surface area contributed by atoms with E-state index in [1.54, 1.807) is 7.05 Å². The van der Waals surface area contributed by atoms with Crippen molar-refractivity contribution in [3.8, 4) is 0 Å². The molecular weight excluding hydrogens is 268 g/mol. The van der Waals surface area contributed by atoms with E-state index in [0.717, 1.165) is 19.0 Å². The average molecular weight is 294 g/mol. The summed E-state index contributed by atoms with van der Waals surface area (Å²) in [5, 5.41) is 15.5. The van der Waals surface area contributed by atoms with Gasteiger partial charge in [0.2, 0.25) is 17.8 Å². The van der Waals surface area contributed by atoms with Crippen molar-refractivity contribution in [2.75, 3.05) is 48.8 Å². The predicted molar refractivity (Wildman–Crippen MR) is 84.8 cm³/mol. The lowest BCUT2D eigenvalue weighted by Crippen LogP contribution is -2.32. The number of aromatic nitrogens is 3. The highest BCUT2D eigenvalue weighted by Crippen LogP contribution is 2.19. The Morgan fingerprint density at radius 3 is 2.38 bits per heavy atom.